The molecule has 1 N–H and O–H groups in total. The summed E-state index contributed by atoms with van der Waals surface area (Å²) in [6.07, 6.45) is 3.74. The molecule has 4 heteroatoms. The third kappa shape index (κ3) is 2.35. The summed E-state index contributed by atoms with van der Waals surface area (Å²) in [6.45, 7) is 0.867. The van der Waals surface area contributed by atoms with Crippen molar-refractivity contribution in [3.63, 3.8) is 0 Å². The number of aryl methyl sites for hydroxylation is 1. The Morgan fingerprint density at radius 3 is 3.17 bits per heavy atom. The van der Waals surface area contributed by atoms with Crippen molar-refractivity contribution in [2.24, 2.45) is 0 Å². The van der Waals surface area contributed by atoms with Gasteiger partial charge >= 0.3 is 0 Å². The summed E-state index contributed by atoms with van der Waals surface area (Å²) in [7, 11) is 0. The van der Waals surface area contributed by atoms with Crippen molar-refractivity contribution >= 4 is 22.7 Å². The predicted molar refractivity (Wildman–Crippen MR) is 75.9 cm³/mol. The van der Waals surface area contributed by atoms with Gasteiger partial charge in [0.2, 0.25) is 0 Å². The highest BCUT2D eigenvalue weighted by Crippen LogP contribution is 2.33. The highest BCUT2D eigenvalue weighted by molar-refractivity contribution is 7.12. The van der Waals surface area contributed by atoms with E-state index in [0.29, 0.717) is 6.04 Å². The van der Waals surface area contributed by atoms with Gasteiger partial charge in [-0.3, -0.25) is 0 Å². The predicted octanol–water partition coefficient (Wildman–Crippen LogP) is 3.85. The lowest BCUT2D eigenvalue weighted by Crippen LogP contribution is -2.23. The van der Waals surface area contributed by atoms with Gasteiger partial charge in [-0.2, -0.15) is 5.26 Å². The summed E-state index contributed by atoms with van der Waals surface area (Å²) >= 11 is 3.46. The molecule has 92 valence electrons. The molecule has 18 heavy (non-hydrogen) atoms. The monoisotopic (exact) mass is 274 g/mol. The van der Waals surface area contributed by atoms with Crippen molar-refractivity contribution in [3.8, 4) is 6.07 Å². The van der Waals surface area contributed by atoms with Gasteiger partial charge < -0.3 is 5.32 Å². The molecule has 0 fully saturated rings. The lowest BCUT2D eigenvalue weighted by Gasteiger charge is -2.23. The first kappa shape index (κ1) is 11.9. The van der Waals surface area contributed by atoms with E-state index in [1.165, 1.54) is 29.7 Å². The SMILES string of the molecule is N#Cc1ccc(CNC2CCCc3sccc32)s1. The maximum Gasteiger partial charge on any atom is 0.110 e. The number of nitriles is 1. The summed E-state index contributed by atoms with van der Waals surface area (Å²) in [4.78, 5) is 3.59. The molecule has 0 aromatic carbocycles. The fourth-order valence-electron chi connectivity index (χ4n) is 2.46. The number of rotatable bonds is 3. The zero-order valence-electron chi connectivity index (χ0n) is 9.98. The van der Waals surface area contributed by atoms with E-state index in [2.05, 4.69) is 22.8 Å². The Morgan fingerprint density at radius 1 is 1.39 bits per heavy atom. The van der Waals surface area contributed by atoms with Crippen LogP contribution in [0, 0.1) is 11.3 Å². The van der Waals surface area contributed by atoms with Crippen LogP contribution in [-0.2, 0) is 13.0 Å². The van der Waals surface area contributed by atoms with Crippen molar-refractivity contribution in [3.05, 3.63) is 43.8 Å². The minimum atomic E-state index is 0.493. The minimum absolute atomic E-state index is 0.493. The summed E-state index contributed by atoms with van der Waals surface area (Å²) in [5, 5.41) is 14.6. The van der Waals surface area contributed by atoms with Crippen LogP contribution in [0.2, 0.25) is 0 Å². The molecule has 0 spiro atoms. The normalized spacial score (nSPS) is 18.3. The van der Waals surface area contributed by atoms with Gasteiger partial charge in [0.1, 0.15) is 10.9 Å². The van der Waals surface area contributed by atoms with Crippen LogP contribution in [0.3, 0.4) is 0 Å². The van der Waals surface area contributed by atoms with Gasteiger partial charge in [0.15, 0.2) is 0 Å². The topological polar surface area (TPSA) is 35.8 Å². The largest absolute Gasteiger partial charge is 0.305 e. The Labute approximate surface area is 115 Å². The number of nitrogens with zero attached hydrogens (tertiary/aromatic N) is 1. The molecule has 1 unspecified atom stereocenters. The number of thiophene rings is 2. The second kappa shape index (κ2) is 5.23. The van der Waals surface area contributed by atoms with Gasteiger partial charge in [-0.1, -0.05) is 0 Å². The highest BCUT2D eigenvalue weighted by Gasteiger charge is 2.20. The van der Waals surface area contributed by atoms with Gasteiger partial charge in [-0.25, -0.2) is 0 Å². The number of hydrogen-bond acceptors (Lipinski definition) is 4. The van der Waals surface area contributed by atoms with Gasteiger partial charge in [0.25, 0.3) is 0 Å². The fourth-order valence-corrected chi connectivity index (χ4v) is 4.20. The van der Waals surface area contributed by atoms with E-state index in [0.717, 1.165) is 11.4 Å². The Kier molecular flexibility index (Phi) is 3.46. The molecule has 0 radical (unpaired) electrons. The zero-order valence-corrected chi connectivity index (χ0v) is 11.6. The molecule has 1 aliphatic carbocycles. The third-order valence-corrected chi connectivity index (χ3v) is 5.33. The Bertz CT molecular complexity index is 577. The molecule has 3 rings (SSSR count). The fraction of sp³-hybridized carbons (Fsp3) is 0.357. The van der Waals surface area contributed by atoms with E-state index in [4.69, 9.17) is 5.26 Å². The zero-order chi connectivity index (χ0) is 12.4. The molecule has 0 saturated heterocycles. The molecule has 0 bridgehead atoms. The smallest absolute Gasteiger partial charge is 0.110 e. The molecule has 0 amide bonds. The molecule has 0 aliphatic heterocycles. The van der Waals surface area contributed by atoms with E-state index in [1.807, 2.05) is 23.5 Å². The molecule has 2 nitrogen and oxygen atoms in total. The van der Waals surface area contributed by atoms with Crippen LogP contribution < -0.4 is 5.32 Å². The van der Waals surface area contributed by atoms with E-state index in [1.54, 1.807) is 16.2 Å². The standard InChI is InChI=1S/C14H14N2S2/c15-8-10-4-5-11(18-10)9-16-13-2-1-3-14-12(13)6-7-17-14/h4-7,13,16H,1-3,9H2. The van der Waals surface area contributed by atoms with Crippen molar-refractivity contribution in [1.29, 1.82) is 5.26 Å². The minimum Gasteiger partial charge on any atom is -0.305 e. The van der Waals surface area contributed by atoms with Crippen LogP contribution in [0.1, 0.15) is 39.1 Å². The van der Waals surface area contributed by atoms with E-state index in [9.17, 15) is 0 Å². The maximum atomic E-state index is 8.81. The average molecular weight is 274 g/mol. The summed E-state index contributed by atoms with van der Waals surface area (Å²) in [5.41, 5.74) is 1.49. The van der Waals surface area contributed by atoms with Crippen molar-refractivity contribution in [2.45, 2.75) is 31.8 Å². The second-order valence-corrected chi connectivity index (χ2v) is 6.67. The van der Waals surface area contributed by atoms with Gasteiger partial charge in [0, 0.05) is 22.3 Å². The molecule has 2 aromatic rings. The lowest BCUT2D eigenvalue weighted by atomic mass is 9.94. The van der Waals surface area contributed by atoms with E-state index in [-0.39, 0.29) is 0 Å². The summed E-state index contributed by atoms with van der Waals surface area (Å²) in [5.74, 6) is 0. The molecule has 1 atom stereocenters. The number of hydrogen-bond donors (Lipinski definition) is 1. The van der Waals surface area contributed by atoms with Crippen LogP contribution in [0.25, 0.3) is 0 Å². The van der Waals surface area contributed by atoms with Crippen molar-refractivity contribution in [1.82, 2.24) is 5.32 Å². The van der Waals surface area contributed by atoms with Crippen LogP contribution in [0.15, 0.2) is 23.6 Å². The molecule has 1 aliphatic rings. The van der Waals surface area contributed by atoms with Gasteiger partial charge in [-0.05, 0) is 48.4 Å². The van der Waals surface area contributed by atoms with Crippen molar-refractivity contribution < 1.29 is 0 Å². The van der Waals surface area contributed by atoms with Gasteiger partial charge in [0.05, 0.1) is 0 Å². The Morgan fingerprint density at radius 2 is 2.33 bits per heavy atom. The molecular weight excluding hydrogens is 260 g/mol. The van der Waals surface area contributed by atoms with E-state index < -0.39 is 0 Å². The summed E-state index contributed by atoms with van der Waals surface area (Å²) < 4.78 is 0. The van der Waals surface area contributed by atoms with Crippen LogP contribution in [0.4, 0.5) is 0 Å². The van der Waals surface area contributed by atoms with Gasteiger partial charge in [-0.15, -0.1) is 22.7 Å². The first-order valence-corrected chi connectivity index (χ1v) is 7.85. The Hall–Kier alpha value is -1.15. The summed E-state index contributed by atoms with van der Waals surface area (Å²) in [6, 6.07) is 8.89. The Balaban J connectivity index is 1.67. The van der Waals surface area contributed by atoms with Crippen LogP contribution in [0.5, 0.6) is 0 Å². The quantitative estimate of drug-likeness (QED) is 0.923. The molecular formula is C14H14N2S2. The van der Waals surface area contributed by atoms with E-state index >= 15 is 0 Å². The van der Waals surface area contributed by atoms with Crippen LogP contribution in [-0.4, -0.2) is 0 Å². The molecule has 2 aromatic heterocycles. The highest BCUT2D eigenvalue weighted by atomic mass is 32.1. The molecule has 0 saturated carbocycles. The average Bonchev–Trinajstić information content (AvgIpc) is 3.05. The lowest BCUT2D eigenvalue weighted by molar-refractivity contribution is 0.465. The first-order valence-electron chi connectivity index (χ1n) is 6.15. The second-order valence-electron chi connectivity index (χ2n) is 4.50. The number of fused-ring (bicyclic) bond motifs is 1. The maximum absolute atomic E-state index is 8.81. The van der Waals surface area contributed by atoms with Crippen molar-refractivity contribution in [2.75, 3.05) is 0 Å². The van der Waals surface area contributed by atoms with Crippen LogP contribution >= 0.6 is 22.7 Å². The third-order valence-electron chi connectivity index (χ3n) is 3.35. The first-order chi connectivity index (χ1) is 8.86. The number of nitrogens with one attached hydrogen (secondary N) is 1. The molecule has 2 heterocycles.